The average molecular weight is 247 g/mol. The van der Waals surface area contributed by atoms with E-state index in [1.807, 2.05) is 0 Å². The summed E-state index contributed by atoms with van der Waals surface area (Å²) in [6.45, 7) is 4.79. The van der Waals surface area contributed by atoms with Crippen molar-refractivity contribution in [2.45, 2.75) is 20.4 Å². The standard InChI is InChI=1S/C14H17NOS/c1-9-4-6-12(14(16-3)10(9)2)13-7-5-11(8-15)17-13/h4-7H,8,15H2,1-3H3. The van der Waals surface area contributed by atoms with Gasteiger partial charge in [-0.25, -0.2) is 0 Å². The lowest BCUT2D eigenvalue weighted by Gasteiger charge is -2.12. The minimum atomic E-state index is 0.595. The minimum Gasteiger partial charge on any atom is -0.496 e. The van der Waals surface area contributed by atoms with Gasteiger partial charge in [0, 0.05) is 21.9 Å². The van der Waals surface area contributed by atoms with Crippen LogP contribution in [0.1, 0.15) is 16.0 Å². The molecule has 2 rings (SSSR count). The summed E-state index contributed by atoms with van der Waals surface area (Å²) in [5, 5.41) is 0. The lowest BCUT2D eigenvalue weighted by molar-refractivity contribution is 0.413. The summed E-state index contributed by atoms with van der Waals surface area (Å²) in [7, 11) is 1.72. The second kappa shape index (κ2) is 4.90. The number of aryl methyl sites for hydroxylation is 1. The molecule has 0 unspecified atom stereocenters. The maximum Gasteiger partial charge on any atom is 0.130 e. The van der Waals surface area contributed by atoms with Crippen LogP contribution >= 0.6 is 11.3 Å². The van der Waals surface area contributed by atoms with Crippen LogP contribution in [0.15, 0.2) is 24.3 Å². The molecule has 0 radical (unpaired) electrons. The van der Waals surface area contributed by atoms with E-state index in [1.165, 1.54) is 20.9 Å². The highest BCUT2D eigenvalue weighted by Crippen LogP contribution is 2.37. The van der Waals surface area contributed by atoms with Crippen LogP contribution in [0.3, 0.4) is 0 Å². The maximum absolute atomic E-state index is 5.64. The number of rotatable bonds is 3. The summed E-state index contributed by atoms with van der Waals surface area (Å²) < 4.78 is 5.53. The fraction of sp³-hybridized carbons (Fsp3) is 0.286. The third kappa shape index (κ3) is 2.21. The molecule has 1 aromatic carbocycles. The third-order valence-electron chi connectivity index (χ3n) is 3.01. The molecule has 0 saturated heterocycles. The average Bonchev–Trinajstić information content (AvgIpc) is 2.81. The minimum absolute atomic E-state index is 0.595. The van der Waals surface area contributed by atoms with E-state index in [0.29, 0.717) is 6.54 Å². The van der Waals surface area contributed by atoms with E-state index in [2.05, 4.69) is 38.1 Å². The fourth-order valence-electron chi connectivity index (χ4n) is 1.88. The van der Waals surface area contributed by atoms with E-state index in [9.17, 15) is 0 Å². The van der Waals surface area contributed by atoms with Crippen molar-refractivity contribution in [2.24, 2.45) is 5.73 Å². The summed E-state index contributed by atoms with van der Waals surface area (Å²) in [4.78, 5) is 2.41. The lowest BCUT2D eigenvalue weighted by atomic mass is 10.0. The van der Waals surface area contributed by atoms with Gasteiger partial charge in [0.05, 0.1) is 7.11 Å². The Kier molecular flexibility index (Phi) is 3.50. The SMILES string of the molecule is COc1c(-c2ccc(CN)s2)ccc(C)c1C. The van der Waals surface area contributed by atoms with Gasteiger partial charge >= 0.3 is 0 Å². The first-order valence-corrected chi connectivity index (χ1v) is 6.42. The Balaban J connectivity index is 2.55. The van der Waals surface area contributed by atoms with Crippen molar-refractivity contribution >= 4 is 11.3 Å². The van der Waals surface area contributed by atoms with Crippen LogP contribution in [0.25, 0.3) is 10.4 Å². The van der Waals surface area contributed by atoms with E-state index >= 15 is 0 Å². The molecule has 0 atom stereocenters. The molecule has 0 saturated carbocycles. The maximum atomic E-state index is 5.64. The number of hydrogen-bond acceptors (Lipinski definition) is 3. The van der Waals surface area contributed by atoms with Gasteiger partial charge in [-0.1, -0.05) is 6.07 Å². The molecule has 0 bridgehead atoms. The summed E-state index contributed by atoms with van der Waals surface area (Å²) in [5.41, 5.74) is 9.25. The van der Waals surface area contributed by atoms with Crippen molar-refractivity contribution in [1.29, 1.82) is 0 Å². The number of thiophene rings is 1. The second-order valence-electron chi connectivity index (χ2n) is 4.06. The Morgan fingerprint density at radius 1 is 1.18 bits per heavy atom. The molecule has 0 aliphatic carbocycles. The molecule has 0 spiro atoms. The van der Waals surface area contributed by atoms with Gasteiger partial charge in [0.2, 0.25) is 0 Å². The molecule has 0 aliphatic rings. The molecule has 2 aromatic rings. The molecular formula is C14H17NOS. The Morgan fingerprint density at radius 3 is 2.53 bits per heavy atom. The third-order valence-corrected chi connectivity index (χ3v) is 4.15. The molecule has 2 N–H and O–H groups in total. The molecule has 17 heavy (non-hydrogen) atoms. The van der Waals surface area contributed by atoms with Gasteiger partial charge in [-0.05, 0) is 43.2 Å². The quantitative estimate of drug-likeness (QED) is 0.901. The zero-order chi connectivity index (χ0) is 12.4. The Morgan fingerprint density at radius 2 is 1.94 bits per heavy atom. The first kappa shape index (κ1) is 12.1. The van der Waals surface area contributed by atoms with Crippen LogP contribution in [0, 0.1) is 13.8 Å². The van der Waals surface area contributed by atoms with Crippen LogP contribution in [0.4, 0.5) is 0 Å². The van der Waals surface area contributed by atoms with Gasteiger partial charge < -0.3 is 10.5 Å². The van der Waals surface area contributed by atoms with Gasteiger partial charge in [-0.3, -0.25) is 0 Å². The van der Waals surface area contributed by atoms with Crippen molar-refractivity contribution in [2.75, 3.05) is 7.11 Å². The topological polar surface area (TPSA) is 35.2 Å². The Bertz CT molecular complexity index is 531. The van der Waals surface area contributed by atoms with Crippen molar-refractivity contribution in [1.82, 2.24) is 0 Å². The van der Waals surface area contributed by atoms with Gasteiger partial charge in [0.1, 0.15) is 5.75 Å². The van der Waals surface area contributed by atoms with Gasteiger partial charge in [-0.15, -0.1) is 11.3 Å². The molecule has 0 fully saturated rings. The highest BCUT2D eigenvalue weighted by molar-refractivity contribution is 7.15. The summed E-state index contributed by atoms with van der Waals surface area (Å²) >= 11 is 1.73. The second-order valence-corrected chi connectivity index (χ2v) is 5.23. The van der Waals surface area contributed by atoms with Crippen molar-refractivity contribution in [3.63, 3.8) is 0 Å². The molecule has 0 aliphatic heterocycles. The monoisotopic (exact) mass is 247 g/mol. The van der Waals surface area contributed by atoms with E-state index in [1.54, 1.807) is 18.4 Å². The molecule has 1 aromatic heterocycles. The number of benzene rings is 1. The zero-order valence-corrected chi connectivity index (χ0v) is 11.2. The van der Waals surface area contributed by atoms with Crippen LogP contribution in [0.5, 0.6) is 5.75 Å². The molecule has 0 amide bonds. The summed E-state index contributed by atoms with van der Waals surface area (Å²) in [6.07, 6.45) is 0. The van der Waals surface area contributed by atoms with Gasteiger partial charge in [0.25, 0.3) is 0 Å². The molecule has 90 valence electrons. The molecule has 2 nitrogen and oxygen atoms in total. The normalized spacial score (nSPS) is 10.6. The van der Waals surface area contributed by atoms with Crippen LogP contribution in [-0.2, 0) is 6.54 Å². The predicted octanol–water partition coefficient (Wildman–Crippen LogP) is 3.50. The van der Waals surface area contributed by atoms with Gasteiger partial charge in [-0.2, -0.15) is 0 Å². The van der Waals surface area contributed by atoms with E-state index < -0.39 is 0 Å². The van der Waals surface area contributed by atoms with Crippen LogP contribution in [-0.4, -0.2) is 7.11 Å². The molecule has 3 heteroatoms. The lowest BCUT2D eigenvalue weighted by Crippen LogP contribution is -1.93. The van der Waals surface area contributed by atoms with Crippen LogP contribution in [0.2, 0.25) is 0 Å². The largest absolute Gasteiger partial charge is 0.496 e. The summed E-state index contributed by atoms with van der Waals surface area (Å²) in [5.74, 6) is 0.968. The number of methoxy groups -OCH3 is 1. The van der Waals surface area contributed by atoms with E-state index in [4.69, 9.17) is 10.5 Å². The smallest absolute Gasteiger partial charge is 0.130 e. The number of ether oxygens (including phenoxy) is 1. The van der Waals surface area contributed by atoms with Crippen molar-refractivity contribution in [3.8, 4) is 16.2 Å². The predicted molar refractivity (Wildman–Crippen MR) is 73.7 cm³/mol. The number of hydrogen-bond donors (Lipinski definition) is 1. The van der Waals surface area contributed by atoms with Gasteiger partial charge in [0.15, 0.2) is 0 Å². The fourth-order valence-corrected chi connectivity index (χ4v) is 2.79. The van der Waals surface area contributed by atoms with E-state index in [0.717, 1.165) is 11.3 Å². The van der Waals surface area contributed by atoms with Crippen molar-refractivity contribution < 1.29 is 4.74 Å². The Hall–Kier alpha value is -1.32. The highest BCUT2D eigenvalue weighted by Gasteiger charge is 2.12. The first-order chi connectivity index (χ1) is 8.17. The zero-order valence-electron chi connectivity index (χ0n) is 10.4. The first-order valence-electron chi connectivity index (χ1n) is 5.60. The highest BCUT2D eigenvalue weighted by atomic mass is 32.1. The summed E-state index contributed by atoms with van der Waals surface area (Å²) in [6, 6.07) is 8.44. The number of nitrogens with two attached hydrogens (primary N) is 1. The van der Waals surface area contributed by atoms with E-state index in [-0.39, 0.29) is 0 Å². The molecular weight excluding hydrogens is 230 g/mol. The Labute approximate surface area is 106 Å². The molecule has 1 heterocycles. The van der Waals surface area contributed by atoms with Crippen molar-refractivity contribution in [3.05, 3.63) is 40.3 Å². The van der Waals surface area contributed by atoms with Crippen LogP contribution < -0.4 is 10.5 Å².